The molecule has 3 saturated carbocycles. The van der Waals surface area contributed by atoms with Gasteiger partial charge in [0.25, 0.3) is 0 Å². The lowest BCUT2D eigenvalue weighted by Crippen LogP contribution is -2.62. The monoisotopic (exact) mass is 928 g/mol. The van der Waals surface area contributed by atoms with Crippen LogP contribution in [0.4, 0.5) is 9.59 Å². The van der Waals surface area contributed by atoms with E-state index in [2.05, 4.69) is 54.3 Å². The van der Waals surface area contributed by atoms with E-state index in [4.69, 9.17) is 9.47 Å². The third-order valence-corrected chi connectivity index (χ3v) is 14.4. The second-order valence-electron chi connectivity index (χ2n) is 24.7. The number of aliphatic hydroxyl groups is 1. The van der Waals surface area contributed by atoms with Gasteiger partial charge in [-0.3, -0.25) is 14.4 Å². The predicted octanol–water partition coefficient (Wildman–Crippen LogP) is 5.58. The number of nitrogens with one attached hydrogen (secondary N) is 5. The number of urea groups is 2. The van der Waals surface area contributed by atoms with Gasteiger partial charge in [-0.25, -0.2) is 19.2 Å². The number of likely N-dealkylation sites (tertiary alicyclic amines) is 2. The van der Waals surface area contributed by atoms with Crippen LogP contribution in [0.15, 0.2) is 0 Å². The molecular weight excluding hydrogens is 835 g/mol. The molecule has 0 aromatic carbocycles. The highest BCUT2D eigenvalue weighted by atomic mass is 16.5. The number of aliphatic hydroxyl groups excluding tert-OH is 1. The second-order valence-corrected chi connectivity index (χ2v) is 24.7. The molecule has 65 heavy (non-hydrogen) atoms. The highest BCUT2D eigenvalue weighted by Gasteiger charge is 2.71. The Morgan fingerprint density at radius 3 is 1.38 bits per heavy atom. The molecule has 2 unspecified atom stereocenters. The van der Waals surface area contributed by atoms with Crippen molar-refractivity contribution in [3.8, 4) is 0 Å². The van der Waals surface area contributed by atoms with E-state index in [0.29, 0.717) is 25.4 Å². The fraction of sp³-hybridized carbons (Fsp3) is 0.854. The number of hydrogen-bond donors (Lipinski definition) is 6. The van der Waals surface area contributed by atoms with Crippen molar-refractivity contribution in [1.29, 1.82) is 0 Å². The number of rotatable bonds is 11. The van der Waals surface area contributed by atoms with Gasteiger partial charge < -0.3 is 51.0 Å². The van der Waals surface area contributed by atoms with Gasteiger partial charge in [-0.2, -0.15) is 0 Å². The van der Waals surface area contributed by atoms with Crippen molar-refractivity contribution in [1.82, 2.24) is 36.4 Å². The standard InChI is InChI=1S/C28H48N4O6.C20H35N3O4.5H2/c1-26(2,3)21(30-25(37)31-27(4,5)6)23(35)32-14-16-18(28(16,7)8)19(32)22(34)29-17(13-15-11-10-12-15)20(33)24(36)38-9;1-18(2,3)14(21-17(26)22-19(4,5)6)15(24)23-10-11-12(20(11,7)8)13(23)16(25)27-9;;;;;/h15-21,33H,10-14H2,1-9H3,(H,29,34)(H2,30,31,37);11-14H,10H2,1-9H3,(H2,21,22,26);5*1H/t16-,17?,18-,19-,20?,21+;11-,12-,13-,14+;;;;;/m00...../s1. The van der Waals surface area contributed by atoms with Gasteiger partial charge in [0, 0.05) is 37.2 Å². The van der Waals surface area contributed by atoms with Crippen LogP contribution in [0.5, 0.6) is 0 Å². The Bertz CT molecular complexity index is 1840. The van der Waals surface area contributed by atoms with E-state index in [0.717, 1.165) is 19.3 Å². The average Bonchev–Trinajstić information content (AvgIpc) is 3.59. The molecule has 17 nitrogen and oxygen atoms in total. The highest BCUT2D eigenvalue weighted by molar-refractivity contribution is 5.95. The average molecular weight is 928 g/mol. The zero-order chi connectivity index (χ0) is 49.7. The van der Waals surface area contributed by atoms with Crippen molar-refractivity contribution in [2.24, 2.45) is 51.2 Å². The molecule has 3 aliphatic carbocycles. The lowest BCUT2D eigenvalue weighted by atomic mass is 9.79. The quantitative estimate of drug-likeness (QED) is 0.141. The first-order valence-corrected chi connectivity index (χ1v) is 23.4. The molecule has 0 spiro atoms. The van der Waals surface area contributed by atoms with E-state index >= 15 is 0 Å². The van der Waals surface area contributed by atoms with Crippen LogP contribution in [0.25, 0.3) is 0 Å². The molecule has 5 rings (SSSR count). The summed E-state index contributed by atoms with van der Waals surface area (Å²) in [5.74, 6) is -1.27. The molecular formula is C48H93N7O10. The first-order chi connectivity index (χ1) is 29.5. The zero-order valence-corrected chi connectivity index (χ0v) is 42.6. The lowest BCUT2D eigenvalue weighted by Gasteiger charge is -2.39. The third-order valence-electron chi connectivity index (χ3n) is 14.4. The molecule has 2 saturated heterocycles. The summed E-state index contributed by atoms with van der Waals surface area (Å²) in [5.41, 5.74) is -2.09. The van der Waals surface area contributed by atoms with Crippen LogP contribution >= 0.6 is 0 Å². The minimum absolute atomic E-state index is 0. The number of piperidine rings is 2. The summed E-state index contributed by atoms with van der Waals surface area (Å²) < 4.78 is 9.73. The molecule has 380 valence electrons. The zero-order valence-electron chi connectivity index (χ0n) is 42.6. The normalized spacial score (nSPS) is 27.1. The van der Waals surface area contributed by atoms with Gasteiger partial charge in [-0.15, -0.1) is 0 Å². The summed E-state index contributed by atoms with van der Waals surface area (Å²) in [7, 11) is 2.56. The Morgan fingerprint density at radius 1 is 0.646 bits per heavy atom. The molecule has 2 aliphatic heterocycles. The number of methoxy groups -OCH3 is 2. The number of nitrogens with zero attached hydrogens (tertiary/aromatic N) is 2. The number of amides is 7. The van der Waals surface area contributed by atoms with Gasteiger partial charge in [0.15, 0.2) is 6.10 Å². The summed E-state index contributed by atoms with van der Waals surface area (Å²) in [4.78, 5) is 94.1. The molecule has 0 radical (unpaired) electrons. The largest absolute Gasteiger partial charge is 0.467 e. The number of hydrogen-bond acceptors (Lipinski definition) is 10. The third kappa shape index (κ3) is 12.3. The van der Waals surface area contributed by atoms with Crippen LogP contribution in [0.2, 0.25) is 0 Å². The van der Waals surface area contributed by atoms with Crippen LogP contribution in [-0.4, -0.2) is 131 Å². The molecule has 0 bridgehead atoms. The second kappa shape index (κ2) is 18.9. The maximum atomic E-state index is 14.0. The number of carbonyl (C=O) groups excluding carboxylic acids is 7. The molecule has 2 heterocycles. The van der Waals surface area contributed by atoms with Crippen molar-refractivity contribution in [2.75, 3.05) is 27.3 Å². The Morgan fingerprint density at radius 2 is 1.05 bits per heavy atom. The Balaban J connectivity index is 0. The van der Waals surface area contributed by atoms with Crippen molar-refractivity contribution in [3.05, 3.63) is 0 Å². The smallest absolute Gasteiger partial charge is 0.336 e. The van der Waals surface area contributed by atoms with Crippen LogP contribution < -0.4 is 26.6 Å². The van der Waals surface area contributed by atoms with Crippen LogP contribution in [0.3, 0.4) is 0 Å². The molecule has 0 aromatic rings. The number of ether oxygens (including phenoxy) is 2. The minimum atomic E-state index is -1.48. The molecule has 17 heteroatoms. The maximum Gasteiger partial charge on any atom is 0.336 e. The van der Waals surface area contributed by atoms with Crippen LogP contribution in [0, 0.1) is 51.2 Å². The van der Waals surface area contributed by atoms with Gasteiger partial charge in [-0.05, 0) is 93.3 Å². The number of fused-ring (bicyclic) bond motifs is 2. The Hall–Kier alpha value is -4.15. The van der Waals surface area contributed by atoms with Crippen LogP contribution in [0.1, 0.15) is 144 Å². The fourth-order valence-corrected chi connectivity index (χ4v) is 10.3. The first-order valence-electron chi connectivity index (χ1n) is 23.4. The predicted molar refractivity (Wildman–Crippen MR) is 256 cm³/mol. The van der Waals surface area contributed by atoms with Gasteiger partial charge in [-0.1, -0.05) is 88.5 Å². The van der Waals surface area contributed by atoms with Gasteiger partial charge >= 0.3 is 24.0 Å². The SMILES string of the molecule is COC(=O)C(O)C(CC1CCC1)NC(=O)[C@@H]1[C@@H]2[C@H](CN1C(=O)[C@@H](NC(=O)NC(C)(C)C)C(C)(C)C)C2(C)C.COC(=O)[C@@H]1[C@@H]2[C@H](CN1C(=O)[C@@H](NC(=O)NC(C)(C)C)C(C)(C)C)C2(C)C.[HH].[HH].[HH].[HH].[HH]. The van der Waals surface area contributed by atoms with Gasteiger partial charge in [0.05, 0.1) is 20.3 Å². The molecule has 0 aromatic heterocycles. The minimum Gasteiger partial charge on any atom is -0.467 e. The van der Waals surface area contributed by atoms with Gasteiger partial charge in [0.2, 0.25) is 17.7 Å². The fourth-order valence-electron chi connectivity index (χ4n) is 10.3. The Labute approximate surface area is 395 Å². The number of esters is 2. The first kappa shape index (κ1) is 53.5. The van der Waals surface area contributed by atoms with E-state index in [-0.39, 0.29) is 65.3 Å². The summed E-state index contributed by atoms with van der Waals surface area (Å²) in [5, 5.41) is 24.9. The molecule has 10 atom stereocenters. The lowest BCUT2D eigenvalue weighted by molar-refractivity contribution is -0.154. The van der Waals surface area contributed by atoms with Crippen molar-refractivity contribution in [3.63, 3.8) is 0 Å². The highest BCUT2D eigenvalue weighted by Crippen LogP contribution is 2.66. The van der Waals surface area contributed by atoms with E-state index in [1.807, 2.05) is 83.1 Å². The van der Waals surface area contributed by atoms with E-state index < -0.39 is 76.3 Å². The molecule has 5 aliphatic rings. The maximum absolute atomic E-state index is 14.0. The summed E-state index contributed by atoms with van der Waals surface area (Å²) in [6, 6.07) is -4.58. The van der Waals surface area contributed by atoms with E-state index in [1.165, 1.54) is 14.2 Å². The van der Waals surface area contributed by atoms with Crippen molar-refractivity contribution < 1.29 is 55.3 Å². The molecule has 7 amide bonds. The molecule has 5 fully saturated rings. The molecule has 6 N–H and O–H groups in total. The topological polar surface area (TPSA) is 225 Å². The summed E-state index contributed by atoms with van der Waals surface area (Å²) >= 11 is 0. The summed E-state index contributed by atoms with van der Waals surface area (Å²) in [6.07, 6.45) is 2.05. The van der Waals surface area contributed by atoms with Crippen molar-refractivity contribution in [2.45, 2.75) is 184 Å². The number of carbonyl (C=O) groups is 7. The van der Waals surface area contributed by atoms with Crippen molar-refractivity contribution >= 4 is 41.7 Å². The van der Waals surface area contributed by atoms with E-state index in [9.17, 15) is 38.7 Å². The van der Waals surface area contributed by atoms with E-state index in [1.54, 1.807) is 9.80 Å². The summed E-state index contributed by atoms with van der Waals surface area (Å²) in [6.45, 7) is 31.9. The van der Waals surface area contributed by atoms with Gasteiger partial charge in [0.1, 0.15) is 24.2 Å². The van der Waals surface area contributed by atoms with Crippen LogP contribution in [-0.2, 0) is 33.4 Å². The Kier molecular flexibility index (Phi) is 15.5.